The van der Waals surface area contributed by atoms with Gasteiger partial charge in [0.15, 0.2) is 0 Å². The normalized spacial score (nSPS) is 11.1. The van der Waals surface area contributed by atoms with Gasteiger partial charge in [-0.2, -0.15) is 13.2 Å². The molecule has 0 saturated carbocycles. The molecule has 2 N–H and O–H groups in total. The monoisotopic (exact) mass is 453 g/mol. The Morgan fingerprint density at radius 1 is 1.13 bits per heavy atom. The van der Waals surface area contributed by atoms with Gasteiger partial charge in [0, 0.05) is 16.5 Å². The van der Waals surface area contributed by atoms with E-state index >= 15 is 0 Å². The van der Waals surface area contributed by atoms with Crippen LogP contribution in [-0.4, -0.2) is 18.0 Å². The number of pyridine rings is 1. The molecule has 0 aliphatic heterocycles. The van der Waals surface area contributed by atoms with Crippen molar-refractivity contribution in [2.24, 2.45) is 0 Å². The number of nitrogens with zero attached hydrogens (tertiary/aromatic N) is 1. The Balaban J connectivity index is 1.69. The van der Waals surface area contributed by atoms with E-state index in [-0.39, 0.29) is 16.6 Å². The van der Waals surface area contributed by atoms with Crippen LogP contribution in [0.3, 0.4) is 0 Å². The molecule has 3 rings (SSSR count). The summed E-state index contributed by atoms with van der Waals surface area (Å²) in [6.45, 7) is 0. The summed E-state index contributed by atoms with van der Waals surface area (Å²) in [6.07, 6.45) is -3.01. The molecule has 0 aliphatic rings. The Morgan fingerprint density at radius 2 is 1.93 bits per heavy atom. The van der Waals surface area contributed by atoms with Crippen molar-refractivity contribution in [3.8, 4) is 5.88 Å². The summed E-state index contributed by atoms with van der Waals surface area (Å²) in [5.74, 6) is 0.0623. The number of rotatable bonds is 6. The van der Waals surface area contributed by atoms with Crippen molar-refractivity contribution in [3.63, 3.8) is 0 Å². The molecule has 10 heteroatoms. The predicted octanol–water partition coefficient (Wildman–Crippen LogP) is 6.13. The molecule has 0 atom stereocenters. The summed E-state index contributed by atoms with van der Waals surface area (Å²) in [4.78, 5) is 17.1. The Bertz CT molecular complexity index is 1050. The molecule has 0 spiro atoms. The highest BCUT2D eigenvalue weighted by molar-refractivity contribution is 8.00. The minimum atomic E-state index is -4.47. The first kappa shape index (κ1) is 21.8. The molecule has 1 aromatic heterocycles. The zero-order valence-corrected chi connectivity index (χ0v) is 17.0. The van der Waals surface area contributed by atoms with Crippen LogP contribution in [0, 0.1) is 0 Å². The highest BCUT2D eigenvalue weighted by atomic mass is 35.5. The molecule has 0 aliphatic carbocycles. The van der Waals surface area contributed by atoms with Gasteiger partial charge in [-0.25, -0.2) is 4.98 Å². The summed E-state index contributed by atoms with van der Waals surface area (Å²) < 4.78 is 46.4. The first-order valence-electron chi connectivity index (χ1n) is 8.47. The van der Waals surface area contributed by atoms with Gasteiger partial charge >= 0.3 is 6.18 Å². The van der Waals surface area contributed by atoms with Gasteiger partial charge < -0.3 is 14.8 Å². The van der Waals surface area contributed by atoms with Crippen molar-refractivity contribution >= 4 is 40.8 Å². The first-order valence-corrected chi connectivity index (χ1v) is 9.67. The molecule has 1 heterocycles. The molecule has 5 nitrogen and oxygen atoms in total. The Kier molecular flexibility index (Phi) is 6.73. The van der Waals surface area contributed by atoms with Gasteiger partial charge in [-0.05, 0) is 54.4 Å². The maximum atomic E-state index is 12.9. The Morgan fingerprint density at radius 3 is 2.60 bits per heavy atom. The van der Waals surface area contributed by atoms with Crippen LogP contribution in [0.2, 0.25) is 5.02 Å². The van der Waals surface area contributed by atoms with Crippen LogP contribution >= 0.6 is 23.5 Å². The molecule has 0 unspecified atom stereocenters. The van der Waals surface area contributed by atoms with Gasteiger partial charge in [0.05, 0.1) is 35.3 Å². The van der Waals surface area contributed by atoms with Crippen molar-refractivity contribution in [3.05, 3.63) is 76.9 Å². The molecule has 0 radical (unpaired) electrons. The second-order valence-corrected chi connectivity index (χ2v) is 7.25. The molecule has 0 saturated heterocycles. The van der Waals surface area contributed by atoms with Gasteiger partial charge in [-0.15, -0.1) is 0 Å². The topological polar surface area (TPSA) is 63.2 Å². The summed E-state index contributed by atoms with van der Waals surface area (Å²) in [5, 5.41) is 2.86. The SMILES string of the molecule is COc1ccc(NC(=O)c2cccc(SNc3cc(C(F)(F)F)ccc3Cl)c2)cn1. The molecule has 30 heavy (non-hydrogen) atoms. The predicted molar refractivity (Wildman–Crippen MR) is 111 cm³/mol. The third-order valence-corrected chi connectivity index (χ3v) is 5.01. The third kappa shape index (κ3) is 5.58. The van der Waals surface area contributed by atoms with Crippen molar-refractivity contribution in [1.29, 1.82) is 0 Å². The van der Waals surface area contributed by atoms with Gasteiger partial charge in [-0.1, -0.05) is 17.7 Å². The van der Waals surface area contributed by atoms with E-state index in [1.54, 1.807) is 36.4 Å². The third-order valence-electron chi connectivity index (χ3n) is 3.87. The van der Waals surface area contributed by atoms with Crippen LogP contribution in [0.4, 0.5) is 24.5 Å². The summed E-state index contributed by atoms with van der Waals surface area (Å²) in [6, 6.07) is 12.9. The molecule has 156 valence electrons. The number of anilines is 2. The lowest BCUT2D eigenvalue weighted by molar-refractivity contribution is -0.137. The molecule has 1 amide bonds. The fraction of sp³-hybridized carbons (Fsp3) is 0.100. The molecule has 0 bridgehead atoms. The number of alkyl halides is 3. The number of carbonyl (C=O) groups excluding carboxylic acids is 1. The molecule has 3 aromatic rings. The lowest BCUT2D eigenvalue weighted by Gasteiger charge is -2.12. The van der Waals surface area contributed by atoms with Gasteiger partial charge in [0.25, 0.3) is 5.91 Å². The van der Waals surface area contributed by atoms with Crippen LogP contribution < -0.4 is 14.8 Å². The van der Waals surface area contributed by atoms with Crippen LogP contribution in [0.5, 0.6) is 5.88 Å². The Hall–Kier alpha value is -2.91. The van der Waals surface area contributed by atoms with E-state index in [9.17, 15) is 18.0 Å². The van der Waals surface area contributed by atoms with Crippen LogP contribution in [0.25, 0.3) is 0 Å². The minimum absolute atomic E-state index is 0.121. The molecular formula is C20H15ClF3N3O2S. The highest BCUT2D eigenvalue weighted by Crippen LogP contribution is 2.35. The number of hydrogen-bond donors (Lipinski definition) is 2. The maximum Gasteiger partial charge on any atom is 0.416 e. The summed E-state index contributed by atoms with van der Waals surface area (Å²) >= 11 is 7.02. The smallest absolute Gasteiger partial charge is 0.416 e. The number of amides is 1. The van der Waals surface area contributed by atoms with Gasteiger partial charge in [0.2, 0.25) is 5.88 Å². The van der Waals surface area contributed by atoms with Crippen molar-refractivity contribution in [1.82, 2.24) is 4.98 Å². The molecule has 2 aromatic carbocycles. The standard InChI is InChI=1S/C20H15ClF3N3O2S/c1-29-18-8-6-14(11-25-18)26-19(28)12-3-2-4-15(9-12)30-27-17-10-13(20(22,23)24)5-7-16(17)21/h2-11,27H,1H3,(H,26,28). The number of benzene rings is 2. The average molecular weight is 454 g/mol. The zero-order valence-electron chi connectivity index (χ0n) is 15.5. The van der Waals surface area contributed by atoms with E-state index in [0.717, 1.165) is 24.1 Å². The Labute approximate surface area is 179 Å². The highest BCUT2D eigenvalue weighted by Gasteiger charge is 2.31. The van der Waals surface area contributed by atoms with E-state index < -0.39 is 11.7 Å². The second-order valence-electron chi connectivity index (χ2n) is 5.97. The fourth-order valence-electron chi connectivity index (χ4n) is 2.37. The number of hydrogen-bond acceptors (Lipinski definition) is 5. The maximum absolute atomic E-state index is 12.9. The van der Waals surface area contributed by atoms with E-state index in [4.69, 9.17) is 16.3 Å². The van der Waals surface area contributed by atoms with Crippen molar-refractivity contribution < 1.29 is 22.7 Å². The first-order chi connectivity index (χ1) is 14.3. The van der Waals surface area contributed by atoms with E-state index in [2.05, 4.69) is 15.0 Å². The molecular weight excluding hydrogens is 439 g/mol. The molecule has 0 fully saturated rings. The summed E-state index contributed by atoms with van der Waals surface area (Å²) in [7, 11) is 1.49. The quantitative estimate of drug-likeness (QED) is 0.439. The van der Waals surface area contributed by atoms with Gasteiger partial charge in [-0.3, -0.25) is 4.79 Å². The number of carbonyl (C=O) groups is 1. The summed E-state index contributed by atoms with van der Waals surface area (Å²) in [5.41, 5.74) is 0.173. The average Bonchev–Trinajstić information content (AvgIpc) is 2.73. The fourth-order valence-corrected chi connectivity index (χ4v) is 3.32. The second kappa shape index (κ2) is 9.27. The number of nitrogens with one attached hydrogen (secondary N) is 2. The number of methoxy groups -OCH3 is 1. The number of halogens is 4. The van der Waals surface area contributed by atoms with E-state index in [1.807, 2.05) is 0 Å². The zero-order chi connectivity index (χ0) is 21.7. The largest absolute Gasteiger partial charge is 0.481 e. The van der Waals surface area contributed by atoms with E-state index in [1.165, 1.54) is 19.4 Å². The van der Waals surface area contributed by atoms with Crippen LogP contribution in [-0.2, 0) is 6.18 Å². The van der Waals surface area contributed by atoms with Crippen LogP contribution in [0.15, 0.2) is 65.7 Å². The van der Waals surface area contributed by atoms with Crippen molar-refractivity contribution in [2.45, 2.75) is 11.1 Å². The lowest BCUT2D eigenvalue weighted by atomic mass is 10.2. The van der Waals surface area contributed by atoms with Gasteiger partial charge in [0.1, 0.15) is 0 Å². The minimum Gasteiger partial charge on any atom is -0.481 e. The van der Waals surface area contributed by atoms with Crippen LogP contribution in [0.1, 0.15) is 15.9 Å². The lowest BCUT2D eigenvalue weighted by Crippen LogP contribution is -2.12. The van der Waals surface area contributed by atoms with Crippen molar-refractivity contribution in [2.75, 3.05) is 17.1 Å². The number of aromatic nitrogens is 1. The van der Waals surface area contributed by atoms with E-state index in [0.29, 0.717) is 22.0 Å². The number of ether oxygens (including phenoxy) is 1.